The average molecular weight is 166 g/mol. The fraction of sp³-hybridized carbons (Fsp3) is 0.333. The van der Waals surface area contributed by atoms with E-state index < -0.39 is 0 Å². The number of nitrogens with two attached hydrogens (primary N) is 2. The van der Waals surface area contributed by atoms with Crippen LogP contribution < -0.4 is 16.2 Å². The third-order valence-electron chi connectivity index (χ3n) is 1.61. The van der Waals surface area contributed by atoms with E-state index in [-0.39, 0.29) is 0 Å². The molecule has 0 radical (unpaired) electrons. The highest BCUT2D eigenvalue weighted by molar-refractivity contribution is 5.53. The molecular formula is C9H14N2O. The lowest BCUT2D eigenvalue weighted by molar-refractivity contribution is 0.342. The first-order chi connectivity index (χ1) is 5.77. The maximum atomic E-state index is 5.66. The van der Waals surface area contributed by atoms with Crippen molar-refractivity contribution in [3.8, 4) is 5.75 Å². The Morgan fingerprint density at radius 2 is 2.17 bits per heavy atom. The van der Waals surface area contributed by atoms with Crippen LogP contribution in [-0.4, -0.2) is 6.61 Å². The molecular weight excluding hydrogens is 152 g/mol. The molecule has 0 spiro atoms. The van der Waals surface area contributed by atoms with Gasteiger partial charge in [0.15, 0.2) is 0 Å². The van der Waals surface area contributed by atoms with Crippen molar-refractivity contribution in [3.05, 3.63) is 23.8 Å². The molecule has 0 aromatic heterocycles. The molecule has 3 nitrogen and oxygen atoms in total. The lowest BCUT2D eigenvalue weighted by atomic mass is 10.2. The van der Waals surface area contributed by atoms with Gasteiger partial charge >= 0.3 is 0 Å². The summed E-state index contributed by atoms with van der Waals surface area (Å²) in [5.41, 5.74) is 12.8. The second-order valence-corrected chi connectivity index (χ2v) is 2.51. The summed E-state index contributed by atoms with van der Waals surface area (Å²) in [6.07, 6.45) is 0. The van der Waals surface area contributed by atoms with Gasteiger partial charge in [-0.05, 0) is 24.6 Å². The van der Waals surface area contributed by atoms with Crippen LogP contribution in [0.25, 0.3) is 0 Å². The van der Waals surface area contributed by atoms with Gasteiger partial charge in [-0.2, -0.15) is 0 Å². The Kier molecular flexibility index (Phi) is 2.94. The van der Waals surface area contributed by atoms with Gasteiger partial charge in [0.2, 0.25) is 0 Å². The summed E-state index contributed by atoms with van der Waals surface area (Å²) >= 11 is 0. The van der Waals surface area contributed by atoms with E-state index >= 15 is 0 Å². The minimum atomic E-state index is 0.514. The first-order valence-electron chi connectivity index (χ1n) is 3.99. The minimum absolute atomic E-state index is 0.514. The van der Waals surface area contributed by atoms with Crippen LogP contribution in [0.2, 0.25) is 0 Å². The van der Waals surface area contributed by atoms with Crippen molar-refractivity contribution in [2.75, 3.05) is 12.3 Å². The zero-order chi connectivity index (χ0) is 8.97. The van der Waals surface area contributed by atoms with Gasteiger partial charge in [-0.1, -0.05) is 6.07 Å². The van der Waals surface area contributed by atoms with Crippen LogP contribution in [0, 0.1) is 0 Å². The number of nitrogen functional groups attached to an aromatic ring is 1. The van der Waals surface area contributed by atoms with Crippen LogP contribution in [0.15, 0.2) is 18.2 Å². The molecule has 0 fully saturated rings. The van der Waals surface area contributed by atoms with E-state index in [1.54, 1.807) is 0 Å². The second kappa shape index (κ2) is 3.97. The van der Waals surface area contributed by atoms with Gasteiger partial charge in [0.1, 0.15) is 5.75 Å². The average Bonchev–Trinajstić information content (AvgIpc) is 2.09. The van der Waals surface area contributed by atoms with Crippen molar-refractivity contribution >= 4 is 5.69 Å². The number of rotatable bonds is 3. The highest BCUT2D eigenvalue weighted by atomic mass is 16.5. The lowest BCUT2D eigenvalue weighted by Crippen LogP contribution is -2.00. The number of hydrogen-bond acceptors (Lipinski definition) is 3. The molecule has 0 aliphatic rings. The van der Waals surface area contributed by atoms with Gasteiger partial charge in [0.25, 0.3) is 0 Å². The lowest BCUT2D eigenvalue weighted by Gasteiger charge is -2.07. The van der Waals surface area contributed by atoms with E-state index in [2.05, 4.69) is 0 Å². The molecule has 0 heterocycles. The summed E-state index contributed by atoms with van der Waals surface area (Å²) in [6.45, 7) is 3.06. The van der Waals surface area contributed by atoms with Crippen LogP contribution in [0.5, 0.6) is 5.75 Å². The van der Waals surface area contributed by atoms with Gasteiger partial charge in [-0.25, -0.2) is 0 Å². The Labute approximate surface area is 72.3 Å². The molecule has 1 rings (SSSR count). The van der Waals surface area contributed by atoms with Gasteiger partial charge < -0.3 is 16.2 Å². The SMILES string of the molecule is CCOc1cc(CN)ccc1N. The van der Waals surface area contributed by atoms with Gasteiger partial charge in [-0.15, -0.1) is 0 Å². The molecule has 0 aliphatic carbocycles. The van der Waals surface area contributed by atoms with Crippen molar-refractivity contribution in [1.29, 1.82) is 0 Å². The first-order valence-corrected chi connectivity index (χ1v) is 3.99. The predicted molar refractivity (Wildman–Crippen MR) is 49.9 cm³/mol. The Morgan fingerprint density at radius 1 is 1.42 bits per heavy atom. The molecule has 0 aliphatic heterocycles. The van der Waals surface area contributed by atoms with Crippen molar-refractivity contribution in [2.45, 2.75) is 13.5 Å². The van der Waals surface area contributed by atoms with Crippen LogP contribution in [0.3, 0.4) is 0 Å². The van der Waals surface area contributed by atoms with Crippen LogP contribution in [-0.2, 0) is 6.54 Å². The normalized spacial score (nSPS) is 9.83. The molecule has 1 aromatic carbocycles. The van der Waals surface area contributed by atoms with E-state index in [0.29, 0.717) is 18.8 Å². The summed E-state index contributed by atoms with van der Waals surface area (Å²) in [5.74, 6) is 0.723. The van der Waals surface area contributed by atoms with Crippen molar-refractivity contribution in [3.63, 3.8) is 0 Å². The largest absolute Gasteiger partial charge is 0.492 e. The third-order valence-corrected chi connectivity index (χ3v) is 1.61. The standard InChI is InChI=1S/C9H14N2O/c1-2-12-9-5-7(6-10)3-4-8(9)11/h3-5H,2,6,10-11H2,1H3. The van der Waals surface area contributed by atoms with E-state index in [1.807, 2.05) is 25.1 Å². The molecule has 0 saturated heterocycles. The topological polar surface area (TPSA) is 61.3 Å². The van der Waals surface area contributed by atoms with E-state index in [9.17, 15) is 0 Å². The monoisotopic (exact) mass is 166 g/mol. The highest BCUT2D eigenvalue weighted by Crippen LogP contribution is 2.22. The number of ether oxygens (including phenoxy) is 1. The summed E-state index contributed by atoms with van der Waals surface area (Å²) in [4.78, 5) is 0. The maximum Gasteiger partial charge on any atom is 0.142 e. The molecule has 0 amide bonds. The third kappa shape index (κ3) is 1.89. The van der Waals surface area contributed by atoms with Gasteiger partial charge in [-0.3, -0.25) is 0 Å². The van der Waals surface area contributed by atoms with E-state index in [1.165, 1.54) is 0 Å². The molecule has 0 atom stereocenters. The molecule has 1 aromatic rings. The summed E-state index contributed by atoms with van der Waals surface area (Å²) in [5, 5.41) is 0. The second-order valence-electron chi connectivity index (χ2n) is 2.51. The fourth-order valence-electron chi connectivity index (χ4n) is 0.986. The Balaban J connectivity index is 2.91. The molecule has 0 saturated carbocycles. The maximum absolute atomic E-state index is 5.66. The summed E-state index contributed by atoms with van der Waals surface area (Å²) in [6, 6.07) is 5.59. The van der Waals surface area contributed by atoms with Gasteiger partial charge in [0.05, 0.1) is 12.3 Å². The highest BCUT2D eigenvalue weighted by Gasteiger charge is 1.99. The van der Waals surface area contributed by atoms with E-state index in [4.69, 9.17) is 16.2 Å². The van der Waals surface area contributed by atoms with Crippen molar-refractivity contribution in [2.24, 2.45) is 5.73 Å². The van der Waals surface area contributed by atoms with Crippen LogP contribution in [0.4, 0.5) is 5.69 Å². The predicted octanol–water partition coefficient (Wildman–Crippen LogP) is 1.13. The minimum Gasteiger partial charge on any atom is -0.492 e. The number of hydrogen-bond donors (Lipinski definition) is 2. The molecule has 3 heteroatoms. The van der Waals surface area contributed by atoms with E-state index in [0.717, 1.165) is 11.3 Å². The molecule has 0 unspecified atom stereocenters. The molecule has 12 heavy (non-hydrogen) atoms. The molecule has 66 valence electrons. The fourth-order valence-corrected chi connectivity index (χ4v) is 0.986. The summed E-state index contributed by atoms with van der Waals surface area (Å²) < 4.78 is 5.30. The zero-order valence-electron chi connectivity index (χ0n) is 7.21. The van der Waals surface area contributed by atoms with Gasteiger partial charge in [0, 0.05) is 6.54 Å². The summed E-state index contributed by atoms with van der Waals surface area (Å²) in [7, 11) is 0. The smallest absolute Gasteiger partial charge is 0.142 e. The Hall–Kier alpha value is -1.22. The number of benzene rings is 1. The van der Waals surface area contributed by atoms with Crippen LogP contribution in [0.1, 0.15) is 12.5 Å². The quantitative estimate of drug-likeness (QED) is 0.661. The zero-order valence-corrected chi connectivity index (χ0v) is 7.21. The van der Waals surface area contributed by atoms with Crippen molar-refractivity contribution in [1.82, 2.24) is 0 Å². The number of anilines is 1. The molecule has 0 bridgehead atoms. The first kappa shape index (κ1) is 8.87. The Bertz CT molecular complexity index is 261. The van der Waals surface area contributed by atoms with Crippen LogP contribution >= 0.6 is 0 Å². The Morgan fingerprint density at radius 3 is 2.75 bits per heavy atom. The molecule has 4 N–H and O–H groups in total. The van der Waals surface area contributed by atoms with Crippen molar-refractivity contribution < 1.29 is 4.74 Å².